The molecule has 0 aliphatic carbocycles. The largest absolute Gasteiger partial charge is 0.478 e. The first kappa shape index (κ1) is 20.4. The molecule has 0 spiro atoms. The number of carbonyl (C=O) groups is 2. The average Bonchev–Trinajstić information content (AvgIpc) is 2.80. The van der Waals surface area contributed by atoms with Crippen LogP contribution in [0.1, 0.15) is 20.7 Å². The molecule has 6 nitrogen and oxygen atoms in total. The highest BCUT2D eigenvalue weighted by atomic mass is 19.1. The number of piperazine rings is 1. The van der Waals surface area contributed by atoms with E-state index in [1.54, 1.807) is 24.3 Å². The predicted octanol–water partition coefficient (Wildman–Crippen LogP) is 4.10. The number of halogens is 1. The number of carboxylic acid groups (broad SMARTS) is 1. The van der Waals surface area contributed by atoms with Crippen molar-refractivity contribution in [1.82, 2.24) is 0 Å². The van der Waals surface area contributed by atoms with Crippen molar-refractivity contribution in [2.75, 3.05) is 41.3 Å². The summed E-state index contributed by atoms with van der Waals surface area (Å²) in [5, 5.41) is 12.0. The van der Waals surface area contributed by atoms with E-state index in [4.69, 9.17) is 0 Å². The number of nitrogens with one attached hydrogen (secondary N) is 1. The summed E-state index contributed by atoms with van der Waals surface area (Å²) in [6, 6.07) is 20.2. The Morgan fingerprint density at radius 3 is 1.74 bits per heavy atom. The van der Waals surface area contributed by atoms with Crippen LogP contribution in [0.2, 0.25) is 0 Å². The smallest absolute Gasteiger partial charge is 0.336 e. The van der Waals surface area contributed by atoms with Crippen LogP contribution in [0.15, 0.2) is 72.8 Å². The molecular formula is C24H22FN3O3. The molecule has 0 radical (unpaired) electrons. The van der Waals surface area contributed by atoms with Crippen molar-refractivity contribution >= 4 is 28.9 Å². The number of hydrogen-bond donors (Lipinski definition) is 2. The van der Waals surface area contributed by atoms with Gasteiger partial charge in [-0.2, -0.15) is 0 Å². The van der Waals surface area contributed by atoms with E-state index in [-0.39, 0.29) is 16.9 Å². The third kappa shape index (κ3) is 4.66. The van der Waals surface area contributed by atoms with Crippen LogP contribution in [0, 0.1) is 5.82 Å². The maximum atomic E-state index is 13.1. The lowest BCUT2D eigenvalue weighted by atomic mass is 10.1. The SMILES string of the molecule is O=C(O)c1ccccc1C(=O)Nc1ccc(N2CCN(c3ccc(F)cc3)CC2)cc1. The zero-order chi connectivity index (χ0) is 21.8. The number of hydrogen-bond acceptors (Lipinski definition) is 4. The third-order valence-electron chi connectivity index (χ3n) is 5.36. The van der Waals surface area contributed by atoms with Crippen molar-refractivity contribution in [2.45, 2.75) is 0 Å². The monoisotopic (exact) mass is 419 g/mol. The van der Waals surface area contributed by atoms with E-state index in [1.165, 1.54) is 24.3 Å². The number of anilines is 3. The van der Waals surface area contributed by atoms with Crippen molar-refractivity contribution in [3.05, 3.63) is 89.7 Å². The molecule has 0 bridgehead atoms. The zero-order valence-corrected chi connectivity index (χ0v) is 16.8. The third-order valence-corrected chi connectivity index (χ3v) is 5.36. The summed E-state index contributed by atoms with van der Waals surface area (Å²) in [4.78, 5) is 28.3. The summed E-state index contributed by atoms with van der Waals surface area (Å²) in [5.74, 6) is -1.83. The summed E-state index contributed by atoms with van der Waals surface area (Å²) in [6.45, 7) is 3.32. The van der Waals surface area contributed by atoms with Gasteiger partial charge in [-0.05, 0) is 60.7 Å². The van der Waals surface area contributed by atoms with Crippen LogP contribution >= 0.6 is 0 Å². The second kappa shape index (κ2) is 8.87. The standard InChI is InChI=1S/C24H22FN3O3/c25-17-5-9-19(10-6-17)27-13-15-28(16-14-27)20-11-7-18(8-12-20)26-23(29)21-3-1-2-4-22(21)24(30)31/h1-12H,13-16H2,(H,26,29)(H,30,31). The van der Waals surface area contributed by atoms with E-state index in [1.807, 2.05) is 24.3 Å². The van der Waals surface area contributed by atoms with Gasteiger partial charge in [0.25, 0.3) is 5.91 Å². The highest BCUT2D eigenvalue weighted by molar-refractivity contribution is 6.10. The van der Waals surface area contributed by atoms with Gasteiger partial charge in [0.2, 0.25) is 0 Å². The lowest BCUT2D eigenvalue weighted by Gasteiger charge is -2.37. The van der Waals surface area contributed by atoms with Gasteiger partial charge in [-0.15, -0.1) is 0 Å². The van der Waals surface area contributed by atoms with Crippen LogP contribution in [0.3, 0.4) is 0 Å². The molecule has 1 aliphatic heterocycles. The molecule has 1 heterocycles. The van der Waals surface area contributed by atoms with Crippen LogP contribution in [-0.2, 0) is 0 Å². The number of benzene rings is 3. The van der Waals surface area contributed by atoms with E-state index >= 15 is 0 Å². The average molecular weight is 419 g/mol. The quantitative estimate of drug-likeness (QED) is 0.651. The second-order valence-corrected chi connectivity index (χ2v) is 7.30. The van der Waals surface area contributed by atoms with E-state index in [2.05, 4.69) is 15.1 Å². The fourth-order valence-corrected chi connectivity index (χ4v) is 3.70. The highest BCUT2D eigenvalue weighted by Crippen LogP contribution is 2.23. The molecule has 2 N–H and O–H groups in total. The van der Waals surface area contributed by atoms with Crippen molar-refractivity contribution in [1.29, 1.82) is 0 Å². The van der Waals surface area contributed by atoms with Gasteiger partial charge in [0, 0.05) is 43.2 Å². The fraction of sp³-hybridized carbons (Fsp3) is 0.167. The molecule has 31 heavy (non-hydrogen) atoms. The molecular weight excluding hydrogens is 397 g/mol. The molecule has 3 aromatic carbocycles. The van der Waals surface area contributed by atoms with Crippen molar-refractivity contribution in [3.63, 3.8) is 0 Å². The number of aromatic carboxylic acids is 1. The lowest BCUT2D eigenvalue weighted by Crippen LogP contribution is -2.46. The molecule has 0 saturated carbocycles. The van der Waals surface area contributed by atoms with Gasteiger partial charge in [0.05, 0.1) is 11.1 Å². The Kier molecular flexibility index (Phi) is 5.84. The van der Waals surface area contributed by atoms with Gasteiger partial charge >= 0.3 is 5.97 Å². The number of carboxylic acids is 1. The van der Waals surface area contributed by atoms with Crippen molar-refractivity contribution in [2.24, 2.45) is 0 Å². The molecule has 3 aromatic rings. The molecule has 7 heteroatoms. The van der Waals surface area contributed by atoms with Gasteiger partial charge in [-0.25, -0.2) is 9.18 Å². The summed E-state index contributed by atoms with van der Waals surface area (Å²) in [7, 11) is 0. The molecule has 4 rings (SSSR count). The summed E-state index contributed by atoms with van der Waals surface area (Å²) < 4.78 is 13.1. The minimum Gasteiger partial charge on any atom is -0.478 e. The molecule has 1 amide bonds. The van der Waals surface area contributed by atoms with Gasteiger partial charge < -0.3 is 20.2 Å². The highest BCUT2D eigenvalue weighted by Gasteiger charge is 2.18. The van der Waals surface area contributed by atoms with Crippen LogP contribution in [0.4, 0.5) is 21.5 Å². The number of carbonyl (C=O) groups excluding carboxylic acids is 1. The van der Waals surface area contributed by atoms with E-state index < -0.39 is 11.9 Å². The normalized spacial score (nSPS) is 13.7. The Morgan fingerprint density at radius 1 is 0.742 bits per heavy atom. The topological polar surface area (TPSA) is 72.9 Å². The number of nitrogens with zero attached hydrogens (tertiary/aromatic N) is 2. The molecule has 0 atom stereocenters. The predicted molar refractivity (Wildman–Crippen MR) is 119 cm³/mol. The van der Waals surface area contributed by atoms with Crippen LogP contribution in [-0.4, -0.2) is 43.2 Å². The minimum atomic E-state index is -1.14. The van der Waals surface area contributed by atoms with Gasteiger partial charge in [-0.3, -0.25) is 4.79 Å². The van der Waals surface area contributed by atoms with E-state index in [9.17, 15) is 19.1 Å². The molecule has 1 saturated heterocycles. The summed E-state index contributed by atoms with van der Waals surface area (Å²) >= 11 is 0. The molecule has 1 fully saturated rings. The van der Waals surface area contributed by atoms with E-state index in [0.717, 1.165) is 37.6 Å². The molecule has 0 unspecified atom stereocenters. The Hall–Kier alpha value is -3.87. The number of rotatable bonds is 5. The minimum absolute atomic E-state index is 0.0318. The Balaban J connectivity index is 1.37. The Bertz CT molecular complexity index is 1080. The van der Waals surface area contributed by atoms with Crippen molar-refractivity contribution in [3.8, 4) is 0 Å². The first-order chi connectivity index (χ1) is 15.0. The van der Waals surface area contributed by atoms with Gasteiger partial charge in [0.15, 0.2) is 0 Å². The maximum Gasteiger partial charge on any atom is 0.336 e. The lowest BCUT2D eigenvalue weighted by molar-refractivity contribution is 0.0692. The summed E-state index contributed by atoms with van der Waals surface area (Å²) in [5.41, 5.74) is 2.74. The second-order valence-electron chi connectivity index (χ2n) is 7.30. The maximum absolute atomic E-state index is 13.1. The van der Waals surface area contributed by atoms with Crippen LogP contribution in [0.25, 0.3) is 0 Å². The Morgan fingerprint density at radius 2 is 1.23 bits per heavy atom. The van der Waals surface area contributed by atoms with Crippen LogP contribution < -0.4 is 15.1 Å². The first-order valence-electron chi connectivity index (χ1n) is 10.0. The fourth-order valence-electron chi connectivity index (χ4n) is 3.70. The van der Waals surface area contributed by atoms with Crippen molar-refractivity contribution < 1.29 is 19.1 Å². The summed E-state index contributed by atoms with van der Waals surface area (Å²) in [6.07, 6.45) is 0. The number of amides is 1. The first-order valence-corrected chi connectivity index (χ1v) is 10.0. The molecule has 0 aromatic heterocycles. The van der Waals surface area contributed by atoms with Gasteiger partial charge in [0.1, 0.15) is 5.82 Å². The zero-order valence-electron chi connectivity index (χ0n) is 16.8. The molecule has 158 valence electrons. The van der Waals surface area contributed by atoms with E-state index in [0.29, 0.717) is 5.69 Å². The van der Waals surface area contributed by atoms with Crippen LogP contribution in [0.5, 0.6) is 0 Å². The van der Waals surface area contributed by atoms with Gasteiger partial charge in [-0.1, -0.05) is 12.1 Å². The molecule has 1 aliphatic rings. The Labute approximate surface area is 179 Å².